The molecule has 0 aliphatic carbocycles. The molecule has 0 fully saturated rings. The maximum absolute atomic E-state index is 11.6. The highest BCUT2D eigenvalue weighted by Gasteiger charge is 2.05. The molecular formula is C13H19BrN2O. The second-order valence-corrected chi connectivity index (χ2v) is 5.03. The molecule has 1 rings (SSSR count). The van der Waals surface area contributed by atoms with E-state index in [-0.39, 0.29) is 5.91 Å². The lowest BCUT2D eigenvalue weighted by Crippen LogP contribution is -2.31. The molecule has 0 spiro atoms. The van der Waals surface area contributed by atoms with Crippen LogP contribution >= 0.6 is 15.9 Å². The minimum atomic E-state index is -0.0137. The standard InChI is InChI=1S/C13H19BrN2O/c1-3-10(2)8-15-9-13(17)16-12-7-5-4-6-11(12)14/h4-7,10,15H,3,8-9H2,1-2H3,(H,16,17). The number of anilines is 1. The van der Waals surface area contributed by atoms with Crippen LogP contribution in [0.1, 0.15) is 20.3 Å². The summed E-state index contributed by atoms with van der Waals surface area (Å²) in [6.45, 7) is 5.54. The van der Waals surface area contributed by atoms with Gasteiger partial charge in [-0.1, -0.05) is 32.4 Å². The Balaban J connectivity index is 2.33. The number of halogens is 1. The van der Waals surface area contributed by atoms with Gasteiger partial charge >= 0.3 is 0 Å². The van der Waals surface area contributed by atoms with Crippen molar-refractivity contribution >= 4 is 27.5 Å². The van der Waals surface area contributed by atoms with Crippen LogP contribution in [0, 0.1) is 5.92 Å². The van der Waals surface area contributed by atoms with E-state index >= 15 is 0 Å². The first-order valence-electron chi connectivity index (χ1n) is 5.88. The zero-order valence-corrected chi connectivity index (χ0v) is 11.9. The number of hydrogen-bond donors (Lipinski definition) is 2. The summed E-state index contributed by atoms with van der Waals surface area (Å²) >= 11 is 3.39. The molecule has 0 aliphatic heterocycles. The molecule has 0 aliphatic rings. The van der Waals surface area contributed by atoms with E-state index < -0.39 is 0 Å². The maximum Gasteiger partial charge on any atom is 0.238 e. The van der Waals surface area contributed by atoms with Gasteiger partial charge in [0.2, 0.25) is 5.91 Å². The number of carbonyl (C=O) groups excluding carboxylic acids is 1. The van der Waals surface area contributed by atoms with Crippen LogP contribution in [0.5, 0.6) is 0 Å². The molecule has 17 heavy (non-hydrogen) atoms. The summed E-state index contributed by atoms with van der Waals surface area (Å²) in [5, 5.41) is 6.00. The van der Waals surface area contributed by atoms with Crippen molar-refractivity contribution in [3.05, 3.63) is 28.7 Å². The number of amides is 1. The van der Waals surface area contributed by atoms with Gasteiger partial charge in [0.1, 0.15) is 0 Å². The largest absolute Gasteiger partial charge is 0.324 e. The lowest BCUT2D eigenvalue weighted by atomic mass is 10.1. The van der Waals surface area contributed by atoms with E-state index in [1.54, 1.807) is 0 Å². The molecule has 1 aromatic carbocycles. The van der Waals surface area contributed by atoms with Crippen molar-refractivity contribution in [2.75, 3.05) is 18.4 Å². The highest BCUT2D eigenvalue weighted by molar-refractivity contribution is 9.10. The number of para-hydroxylation sites is 1. The molecule has 1 amide bonds. The van der Waals surface area contributed by atoms with Gasteiger partial charge < -0.3 is 10.6 Å². The summed E-state index contributed by atoms with van der Waals surface area (Å²) < 4.78 is 0.898. The highest BCUT2D eigenvalue weighted by Crippen LogP contribution is 2.20. The molecule has 4 heteroatoms. The second kappa shape index (κ2) is 7.45. The van der Waals surface area contributed by atoms with E-state index in [1.807, 2.05) is 24.3 Å². The van der Waals surface area contributed by atoms with Crippen LogP contribution in [0.4, 0.5) is 5.69 Å². The minimum Gasteiger partial charge on any atom is -0.324 e. The number of nitrogens with one attached hydrogen (secondary N) is 2. The Labute approximate surface area is 111 Å². The van der Waals surface area contributed by atoms with Gasteiger partial charge in [0.05, 0.1) is 12.2 Å². The molecule has 0 bridgehead atoms. The average molecular weight is 299 g/mol. The third kappa shape index (κ3) is 5.33. The van der Waals surface area contributed by atoms with Crippen LogP contribution in [-0.2, 0) is 4.79 Å². The fourth-order valence-electron chi connectivity index (χ4n) is 1.33. The van der Waals surface area contributed by atoms with Crippen molar-refractivity contribution in [1.82, 2.24) is 5.32 Å². The van der Waals surface area contributed by atoms with Crippen molar-refractivity contribution in [2.45, 2.75) is 20.3 Å². The van der Waals surface area contributed by atoms with Crippen molar-refractivity contribution in [2.24, 2.45) is 5.92 Å². The fourth-order valence-corrected chi connectivity index (χ4v) is 1.72. The van der Waals surface area contributed by atoms with Crippen LogP contribution < -0.4 is 10.6 Å². The summed E-state index contributed by atoms with van der Waals surface area (Å²) in [5.41, 5.74) is 0.808. The number of benzene rings is 1. The Bertz CT molecular complexity index is 368. The first kappa shape index (κ1) is 14.2. The van der Waals surface area contributed by atoms with Gasteiger partial charge in [-0.25, -0.2) is 0 Å². The van der Waals surface area contributed by atoms with Crippen molar-refractivity contribution < 1.29 is 4.79 Å². The minimum absolute atomic E-state index is 0.0137. The zero-order valence-electron chi connectivity index (χ0n) is 10.3. The van der Waals surface area contributed by atoms with Crippen molar-refractivity contribution in [1.29, 1.82) is 0 Å². The normalized spacial score (nSPS) is 12.2. The summed E-state index contributed by atoms with van der Waals surface area (Å²) in [6.07, 6.45) is 1.12. The van der Waals surface area contributed by atoms with E-state index in [1.165, 1.54) is 0 Å². The number of carbonyl (C=O) groups is 1. The Kier molecular flexibility index (Phi) is 6.22. The zero-order chi connectivity index (χ0) is 12.7. The van der Waals surface area contributed by atoms with E-state index in [2.05, 4.69) is 40.4 Å². The molecule has 0 aromatic heterocycles. The average Bonchev–Trinajstić information content (AvgIpc) is 2.32. The first-order chi connectivity index (χ1) is 8.13. The summed E-state index contributed by atoms with van der Waals surface area (Å²) in [6, 6.07) is 7.59. The van der Waals surface area contributed by atoms with E-state index in [0.717, 1.165) is 23.1 Å². The third-order valence-corrected chi connectivity index (χ3v) is 3.31. The van der Waals surface area contributed by atoms with Gasteiger partial charge in [-0.3, -0.25) is 4.79 Å². The van der Waals surface area contributed by atoms with E-state index in [0.29, 0.717) is 12.5 Å². The molecule has 0 heterocycles. The Morgan fingerprint density at radius 1 is 1.41 bits per heavy atom. The van der Waals surface area contributed by atoms with Crippen molar-refractivity contribution in [3.63, 3.8) is 0 Å². The second-order valence-electron chi connectivity index (χ2n) is 4.17. The monoisotopic (exact) mass is 298 g/mol. The topological polar surface area (TPSA) is 41.1 Å². The maximum atomic E-state index is 11.6. The summed E-state index contributed by atoms with van der Waals surface area (Å²) in [7, 11) is 0. The van der Waals surface area contributed by atoms with Gasteiger partial charge in [0.25, 0.3) is 0 Å². The molecule has 3 nitrogen and oxygen atoms in total. The lowest BCUT2D eigenvalue weighted by molar-refractivity contribution is -0.115. The van der Waals surface area contributed by atoms with E-state index in [4.69, 9.17) is 0 Å². The van der Waals surface area contributed by atoms with Gasteiger partial charge in [0, 0.05) is 4.47 Å². The Morgan fingerprint density at radius 2 is 2.12 bits per heavy atom. The molecule has 1 atom stereocenters. The van der Waals surface area contributed by atoms with Crippen LogP contribution in [0.25, 0.3) is 0 Å². The molecule has 94 valence electrons. The first-order valence-corrected chi connectivity index (χ1v) is 6.68. The molecule has 2 N–H and O–H groups in total. The SMILES string of the molecule is CCC(C)CNCC(=O)Nc1ccccc1Br. The predicted molar refractivity (Wildman–Crippen MR) is 75.1 cm³/mol. The van der Waals surface area contributed by atoms with Crippen LogP contribution in [0.3, 0.4) is 0 Å². The molecule has 0 saturated carbocycles. The Morgan fingerprint density at radius 3 is 2.76 bits per heavy atom. The molecule has 0 saturated heterocycles. The molecule has 0 radical (unpaired) electrons. The Hall–Kier alpha value is -0.870. The fraction of sp³-hybridized carbons (Fsp3) is 0.462. The van der Waals surface area contributed by atoms with Gasteiger partial charge in [-0.15, -0.1) is 0 Å². The van der Waals surface area contributed by atoms with Crippen LogP contribution in [-0.4, -0.2) is 19.0 Å². The number of rotatable bonds is 6. The summed E-state index contributed by atoms with van der Waals surface area (Å²) in [4.78, 5) is 11.6. The third-order valence-electron chi connectivity index (χ3n) is 2.62. The number of hydrogen-bond acceptors (Lipinski definition) is 2. The smallest absolute Gasteiger partial charge is 0.238 e. The predicted octanol–water partition coefficient (Wildman–Crippen LogP) is 3.02. The van der Waals surface area contributed by atoms with E-state index in [9.17, 15) is 4.79 Å². The lowest BCUT2D eigenvalue weighted by Gasteiger charge is -2.11. The quantitative estimate of drug-likeness (QED) is 0.848. The molecule has 1 unspecified atom stereocenters. The van der Waals surface area contributed by atoms with Gasteiger partial charge in [0.15, 0.2) is 0 Å². The molecule has 1 aromatic rings. The van der Waals surface area contributed by atoms with Gasteiger partial charge in [-0.2, -0.15) is 0 Å². The summed E-state index contributed by atoms with van der Waals surface area (Å²) in [5.74, 6) is 0.589. The van der Waals surface area contributed by atoms with Gasteiger partial charge in [-0.05, 0) is 40.5 Å². The molecular weight excluding hydrogens is 280 g/mol. The van der Waals surface area contributed by atoms with Crippen molar-refractivity contribution in [3.8, 4) is 0 Å². The van der Waals surface area contributed by atoms with Crippen LogP contribution in [0.15, 0.2) is 28.7 Å². The highest BCUT2D eigenvalue weighted by atomic mass is 79.9. The van der Waals surface area contributed by atoms with Crippen LogP contribution in [0.2, 0.25) is 0 Å².